The molecule has 0 aromatic carbocycles. The molecule has 12 heavy (non-hydrogen) atoms. The summed E-state index contributed by atoms with van der Waals surface area (Å²) in [6.07, 6.45) is -4.89. The first-order valence-corrected chi connectivity index (χ1v) is 3.96. The second kappa shape index (κ2) is 3.87. The molecule has 0 aromatic heterocycles. The van der Waals surface area contributed by atoms with Crippen molar-refractivity contribution < 1.29 is 25.2 Å². The van der Waals surface area contributed by atoms with Gasteiger partial charge in [0.25, 0.3) is 0 Å². The third-order valence-electron chi connectivity index (χ3n) is 1.82. The number of alkyl halides is 1. The Morgan fingerprint density at radius 1 is 1.17 bits per heavy atom. The zero-order valence-electron chi connectivity index (χ0n) is 6.17. The Balaban J connectivity index is 2.63. The normalized spacial score (nSPS) is 49.2. The molecule has 5 nitrogen and oxygen atoms in total. The molecule has 6 heteroatoms. The van der Waals surface area contributed by atoms with Gasteiger partial charge in [-0.1, -0.05) is 0 Å². The highest BCUT2D eigenvalue weighted by atomic mass is 35.5. The van der Waals surface area contributed by atoms with Crippen LogP contribution in [0.25, 0.3) is 0 Å². The van der Waals surface area contributed by atoms with Crippen molar-refractivity contribution >= 4 is 11.6 Å². The molecular formula is C6H11ClO5. The lowest BCUT2D eigenvalue weighted by molar-refractivity contribution is -0.236. The van der Waals surface area contributed by atoms with Crippen molar-refractivity contribution in [3.05, 3.63) is 0 Å². The summed E-state index contributed by atoms with van der Waals surface area (Å²) in [5.41, 5.74) is 0. The summed E-state index contributed by atoms with van der Waals surface area (Å²) >= 11 is 5.47. The molecule has 3 unspecified atom stereocenters. The molecule has 1 aliphatic rings. The first-order valence-electron chi connectivity index (χ1n) is 3.52. The van der Waals surface area contributed by atoms with Gasteiger partial charge in [-0.05, 0) is 0 Å². The lowest BCUT2D eigenvalue weighted by Gasteiger charge is -2.37. The van der Waals surface area contributed by atoms with E-state index in [9.17, 15) is 10.2 Å². The fourth-order valence-corrected chi connectivity index (χ4v) is 1.27. The number of aliphatic hydroxyl groups is 4. The average Bonchev–Trinajstić information content (AvgIpc) is 2.08. The van der Waals surface area contributed by atoms with E-state index < -0.39 is 36.6 Å². The molecule has 1 fully saturated rings. The molecule has 1 aliphatic heterocycles. The van der Waals surface area contributed by atoms with Gasteiger partial charge in [0.05, 0.1) is 6.61 Å². The second-order valence-electron chi connectivity index (χ2n) is 2.67. The fourth-order valence-electron chi connectivity index (χ4n) is 1.06. The Labute approximate surface area is 74.2 Å². The van der Waals surface area contributed by atoms with E-state index in [0.29, 0.717) is 0 Å². The van der Waals surface area contributed by atoms with Crippen LogP contribution < -0.4 is 0 Å². The average molecular weight is 199 g/mol. The van der Waals surface area contributed by atoms with Crippen molar-refractivity contribution in [1.82, 2.24) is 0 Å². The zero-order valence-corrected chi connectivity index (χ0v) is 6.92. The van der Waals surface area contributed by atoms with Crippen LogP contribution in [0.2, 0.25) is 0 Å². The van der Waals surface area contributed by atoms with E-state index >= 15 is 0 Å². The van der Waals surface area contributed by atoms with E-state index in [2.05, 4.69) is 0 Å². The summed E-state index contributed by atoms with van der Waals surface area (Å²) in [6.45, 7) is -0.473. The van der Waals surface area contributed by atoms with E-state index in [-0.39, 0.29) is 0 Å². The minimum atomic E-state index is -1.36. The number of hydrogen-bond acceptors (Lipinski definition) is 5. The van der Waals surface area contributed by atoms with Crippen LogP contribution in [-0.4, -0.2) is 57.0 Å². The largest absolute Gasteiger partial charge is 0.394 e. The van der Waals surface area contributed by atoms with Crippen molar-refractivity contribution in [3.63, 3.8) is 0 Å². The summed E-state index contributed by atoms with van der Waals surface area (Å²) in [5, 5.41) is 35.0. The Bertz CT molecular complexity index is 150. The lowest BCUT2D eigenvalue weighted by Crippen LogP contribution is -2.56. The van der Waals surface area contributed by atoms with Gasteiger partial charge >= 0.3 is 0 Å². The SMILES string of the molecule is OC[C@@H]1OC(O)C(Cl)C(O)[C@H]1O. The summed E-state index contributed by atoms with van der Waals surface area (Å²) in [4.78, 5) is 0. The van der Waals surface area contributed by atoms with Gasteiger partial charge in [-0.2, -0.15) is 0 Å². The van der Waals surface area contributed by atoms with Gasteiger partial charge in [0.15, 0.2) is 6.29 Å². The van der Waals surface area contributed by atoms with Gasteiger partial charge < -0.3 is 25.2 Å². The fraction of sp³-hybridized carbons (Fsp3) is 1.00. The molecule has 0 bridgehead atoms. The lowest BCUT2D eigenvalue weighted by atomic mass is 10.0. The van der Waals surface area contributed by atoms with Crippen molar-refractivity contribution in [3.8, 4) is 0 Å². The maximum atomic E-state index is 9.20. The summed E-state index contributed by atoms with van der Waals surface area (Å²) in [6, 6.07) is 0. The Morgan fingerprint density at radius 3 is 2.25 bits per heavy atom. The van der Waals surface area contributed by atoms with Crippen LogP contribution >= 0.6 is 11.6 Å². The molecule has 0 amide bonds. The number of halogens is 1. The quantitative estimate of drug-likeness (QED) is 0.367. The molecule has 4 N–H and O–H groups in total. The first kappa shape index (κ1) is 10.2. The smallest absolute Gasteiger partial charge is 0.174 e. The van der Waals surface area contributed by atoms with Crippen LogP contribution in [0.5, 0.6) is 0 Å². The molecular weight excluding hydrogens is 188 g/mol. The Morgan fingerprint density at radius 2 is 1.75 bits per heavy atom. The van der Waals surface area contributed by atoms with Crippen LogP contribution in [-0.2, 0) is 4.74 Å². The molecule has 0 aliphatic carbocycles. The van der Waals surface area contributed by atoms with Gasteiger partial charge in [0.1, 0.15) is 23.7 Å². The third-order valence-corrected chi connectivity index (χ3v) is 2.30. The zero-order chi connectivity index (χ0) is 9.30. The third kappa shape index (κ3) is 1.71. The Kier molecular flexibility index (Phi) is 3.28. The van der Waals surface area contributed by atoms with Crippen molar-refractivity contribution in [1.29, 1.82) is 0 Å². The van der Waals surface area contributed by atoms with Crippen LogP contribution in [0.15, 0.2) is 0 Å². The van der Waals surface area contributed by atoms with Gasteiger partial charge in [0, 0.05) is 0 Å². The van der Waals surface area contributed by atoms with Crippen molar-refractivity contribution in [2.45, 2.75) is 30.0 Å². The van der Waals surface area contributed by atoms with Crippen molar-refractivity contribution in [2.24, 2.45) is 0 Å². The number of aliphatic hydroxyl groups excluding tert-OH is 4. The topological polar surface area (TPSA) is 90.2 Å². The van der Waals surface area contributed by atoms with E-state index in [1.165, 1.54) is 0 Å². The summed E-state index contributed by atoms with van der Waals surface area (Å²) in [7, 11) is 0. The number of hydrogen-bond donors (Lipinski definition) is 4. The van der Waals surface area contributed by atoms with Crippen LogP contribution in [0.1, 0.15) is 0 Å². The van der Waals surface area contributed by atoms with Gasteiger partial charge in [-0.3, -0.25) is 0 Å². The van der Waals surface area contributed by atoms with E-state index in [1.807, 2.05) is 0 Å². The van der Waals surface area contributed by atoms with E-state index in [0.717, 1.165) is 0 Å². The summed E-state index contributed by atoms with van der Waals surface area (Å²) < 4.78 is 4.69. The summed E-state index contributed by atoms with van der Waals surface area (Å²) in [5.74, 6) is 0. The molecule has 0 radical (unpaired) electrons. The molecule has 5 atom stereocenters. The highest BCUT2D eigenvalue weighted by molar-refractivity contribution is 6.21. The molecule has 0 spiro atoms. The second-order valence-corrected chi connectivity index (χ2v) is 3.18. The predicted molar refractivity (Wildman–Crippen MR) is 39.6 cm³/mol. The molecule has 0 aromatic rings. The molecule has 0 saturated carbocycles. The minimum absolute atomic E-state index is 0.473. The van der Waals surface area contributed by atoms with Crippen LogP contribution in [0.4, 0.5) is 0 Å². The van der Waals surface area contributed by atoms with Gasteiger partial charge in [-0.25, -0.2) is 0 Å². The van der Waals surface area contributed by atoms with E-state index in [1.54, 1.807) is 0 Å². The molecule has 72 valence electrons. The van der Waals surface area contributed by atoms with Gasteiger partial charge in [-0.15, -0.1) is 11.6 Å². The maximum Gasteiger partial charge on any atom is 0.174 e. The number of ether oxygens (including phenoxy) is 1. The Hall–Kier alpha value is 0.0900. The minimum Gasteiger partial charge on any atom is -0.394 e. The molecule has 1 heterocycles. The van der Waals surface area contributed by atoms with Crippen molar-refractivity contribution in [2.75, 3.05) is 6.61 Å². The van der Waals surface area contributed by atoms with Crippen LogP contribution in [0.3, 0.4) is 0 Å². The van der Waals surface area contributed by atoms with Crippen LogP contribution in [0, 0.1) is 0 Å². The first-order chi connectivity index (χ1) is 5.57. The molecule has 1 rings (SSSR count). The highest BCUT2D eigenvalue weighted by Gasteiger charge is 2.42. The standard InChI is InChI=1S/C6H11ClO5/c7-3-5(10)4(9)2(1-8)12-6(3)11/h2-6,8-11H,1H2/t2-,3?,4-,5?,6?/m0/s1. The highest BCUT2D eigenvalue weighted by Crippen LogP contribution is 2.23. The maximum absolute atomic E-state index is 9.20. The monoisotopic (exact) mass is 198 g/mol. The van der Waals surface area contributed by atoms with Gasteiger partial charge in [0.2, 0.25) is 0 Å². The number of rotatable bonds is 1. The predicted octanol–water partition coefficient (Wildman–Crippen LogP) is -1.97. The van der Waals surface area contributed by atoms with E-state index in [4.69, 9.17) is 26.6 Å². The molecule has 1 saturated heterocycles.